The largest absolute Gasteiger partial charge is 0.398 e. The zero-order chi connectivity index (χ0) is 10.3. The SMILES string of the molecule is Nc1c2c(nc3ccccc13)CCOC2. The number of nitrogens with zero attached hydrogens (tertiary/aromatic N) is 1. The van der Waals surface area contributed by atoms with Crippen LogP contribution in [0.25, 0.3) is 10.9 Å². The smallest absolute Gasteiger partial charge is 0.0755 e. The van der Waals surface area contributed by atoms with Gasteiger partial charge in [-0.05, 0) is 6.07 Å². The highest BCUT2D eigenvalue weighted by atomic mass is 16.5. The molecule has 1 aromatic heterocycles. The standard InChI is InChI=1S/C12H12N2O/c13-12-8-3-1-2-4-10(8)14-11-5-6-15-7-9(11)12/h1-4H,5-7H2,(H2,13,14). The number of benzene rings is 1. The second-order valence-corrected chi connectivity index (χ2v) is 3.77. The van der Waals surface area contributed by atoms with Crippen LogP contribution in [0.4, 0.5) is 5.69 Å². The van der Waals surface area contributed by atoms with Crippen LogP contribution in [0.1, 0.15) is 11.3 Å². The first kappa shape index (κ1) is 8.68. The van der Waals surface area contributed by atoms with E-state index < -0.39 is 0 Å². The van der Waals surface area contributed by atoms with Gasteiger partial charge in [-0.3, -0.25) is 4.98 Å². The number of aromatic nitrogens is 1. The van der Waals surface area contributed by atoms with Crippen molar-refractivity contribution in [1.29, 1.82) is 0 Å². The second kappa shape index (κ2) is 3.21. The Morgan fingerprint density at radius 2 is 2.13 bits per heavy atom. The third kappa shape index (κ3) is 1.27. The van der Waals surface area contributed by atoms with Gasteiger partial charge in [-0.1, -0.05) is 18.2 Å². The number of para-hydroxylation sites is 1. The maximum atomic E-state index is 6.12. The molecule has 3 nitrogen and oxygen atoms in total. The van der Waals surface area contributed by atoms with Gasteiger partial charge in [0, 0.05) is 23.1 Å². The van der Waals surface area contributed by atoms with Gasteiger partial charge in [0.15, 0.2) is 0 Å². The topological polar surface area (TPSA) is 48.1 Å². The Kier molecular flexibility index (Phi) is 1.86. The summed E-state index contributed by atoms with van der Waals surface area (Å²) in [5.41, 5.74) is 10.1. The van der Waals surface area contributed by atoms with Crippen LogP contribution in [0.3, 0.4) is 0 Å². The van der Waals surface area contributed by atoms with Crippen molar-refractivity contribution in [3.05, 3.63) is 35.5 Å². The van der Waals surface area contributed by atoms with Crippen molar-refractivity contribution in [2.75, 3.05) is 12.3 Å². The van der Waals surface area contributed by atoms with E-state index in [-0.39, 0.29) is 0 Å². The van der Waals surface area contributed by atoms with Crippen molar-refractivity contribution < 1.29 is 4.74 Å². The number of anilines is 1. The Hall–Kier alpha value is -1.61. The Morgan fingerprint density at radius 1 is 1.27 bits per heavy atom. The number of nitrogens with two attached hydrogens (primary N) is 1. The summed E-state index contributed by atoms with van der Waals surface area (Å²) in [6.07, 6.45) is 0.865. The predicted molar refractivity (Wildman–Crippen MR) is 59.5 cm³/mol. The minimum absolute atomic E-state index is 0.596. The van der Waals surface area contributed by atoms with E-state index in [1.54, 1.807) is 0 Å². The third-order valence-corrected chi connectivity index (χ3v) is 2.85. The molecular weight excluding hydrogens is 188 g/mol. The number of hydrogen-bond acceptors (Lipinski definition) is 3. The molecule has 0 saturated heterocycles. The number of nitrogen functional groups attached to an aromatic ring is 1. The summed E-state index contributed by atoms with van der Waals surface area (Å²) in [5.74, 6) is 0. The van der Waals surface area contributed by atoms with E-state index in [0.717, 1.165) is 40.9 Å². The summed E-state index contributed by atoms with van der Waals surface area (Å²) in [7, 11) is 0. The summed E-state index contributed by atoms with van der Waals surface area (Å²) in [6, 6.07) is 7.98. The second-order valence-electron chi connectivity index (χ2n) is 3.77. The van der Waals surface area contributed by atoms with Crippen LogP contribution in [-0.4, -0.2) is 11.6 Å². The highest BCUT2D eigenvalue weighted by molar-refractivity contribution is 5.92. The molecule has 0 atom stereocenters. The molecule has 0 amide bonds. The fourth-order valence-electron chi connectivity index (χ4n) is 2.04. The summed E-state index contributed by atoms with van der Waals surface area (Å²) in [6.45, 7) is 1.34. The average Bonchev–Trinajstić information content (AvgIpc) is 2.30. The first-order chi connectivity index (χ1) is 7.36. The van der Waals surface area contributed by atoms with Crippen molar-refractivity contribution in [2.45, 2.75) is 13.0 Å². The molecular formula is C12H12N2O. The lowest BCUT2D eigenvalue weighted by Crippen LogP contribution is -2.14. The summed E-state index contributed by atoms with van der Waals surface area (Å²) >= 11 is 0. The molecule has 2 aromatic rings. The van der Waals surface area contributed by atoms with Gasteiger partial charge in [0.2, 0.25) is 0 Å². The minimum Gasteiger partial charge on any atom is -0.398 e. The van der Waals surface area contributed by atoms with Crippen molar-refractivity contribution in [3.8, 4) is 0 Å². The van der Waals surface area contributed by atoms with E-state index in [1.165, 1.54) is 0 Å². The van der Waals surface area contributed by atoms with Gasteiger partial charge in [0.05, 0.1) is 24.4 Å². The molecule has 2 heterocycles. The van der Waals surface area contributed by atoms with Gasteiger partial charge < -0.3 is 10.5 Å². The molecule has 1 aliphatic rings. The summed E-state index contributed by atoms with van der Waals surface area (Å²) in [4.78, 5) is 4.62. The van der Waals surface area contributed by atoms with Crippen LogP contribution in [0, 0.1) is 0 Å². The fourth-order valence-corrected chi connectivity index (χ4v) is 2.04. The van der Waals surface area contributed by atoms with Crippen LogP contribution >= 0.6 is 0 Å². The number of hydrogen-bond donors (Lipinski definition) is 1. The maximum Gasteiger partial charge on any atom is 0.0755 e. The molecule has 3 heteroatoms. The predicted octanol–water partition coefficient (Wildman–Crippen LogP) is 1.89. The molecule has 2 N–H and O–H groups in total. The van der Waals surface area contributed by atoms with Gasteiger partial charge in [-0.15, -0.1) is 0 Å². The van der Waals surface area contributed by atoms with E-state index >= 15 is 0 Å². The lowest BCUT2D eigenvalue weighted by molar-refractivity contribution is 0.110. The van der Waals surface area contributed by atoms with Crippen molar-refractivity contribution in [2.24, 2.45) is 0 Å². The van der Waals surface area contributed by atoms with Crippen LogP contribution in [0.2, 0.25) is 0 Å². The van der Waals surface area contributed by atoms with Crippen molar-refractivity contribution in [3.63, 3.8) is 0 Å². The molecule has 0 fully saturated rings. The normalized spacial score (nSPS) is 15.2. The lowest BCUT2D eigenvalue weighted by Gasteiger charge is -2.18. The van der Waals surface area contributed by atoms with Gasteiger partial charge in [0.1, 0.15) is 0 Å². The molecule has 3 rings (SSSR count). The Balaban J connectivity index is 2.36. The van der Waals surface area contributed by atoms with E-state index in [1.807, 2.05) is 24.3 Å². The van der Waals surface area contributed by atoms with Gasteiger partial charge in [-0.25, -0.2) is 0 Å². The zero-order valence-electron chi connectivity index (χ0n) is 8.36. The Labute approximate surface area is 87.9 Å². The molecule has 0 radical (unpaired) electrons. The van der Waals surface area contributed by atoms with Crippen LogP contribution in [0.15, 0.2) is 24.3 Å². The minimum atomic E-state index is 0.596. The molecule has 0 aliphatic carbocycles. The number of fused-ring (bicyclic) bond motifs is 2. The summed E-state index contributed by atoms with van der Waals surface area (Å²) < 4.78 is 5.41. The van der Waals surface area contributed by atoms with Gasteiger partial charge in [-0.2, -0.15) is 0 Å². The van der Waals surface area contributed by atoms with Gasteiger partial charge >= 0.3 is 0 Å². The van der Waals surface area contributed by atoms with E-state index in [9.17, 15) is 0 Å². The van der Waals surface area contributed by atoms with E-state index in [2.05, 4.69) is 4.98 Å². The zero-order valence-corrected chi connectivity index (χ0v) is 8.36. The third-order valence-electron chi connectivity index (χ3n) is 2.85. The maximum absolute atomic E-state index is 6.12. The molecule has 15 heavy (non-hydrogen) atoms. The highest BCUT2D eigenvalue weighted by Crippen LogP contribution is 2.28. The highest BCUT2D eigenvalue weighted by Gasteiger charge is 2.16. The molecule has 1 aliphatic heterocycles. The van der Waals surface area contributed by atoms with Crippen LogP contribution in [0.5, 0.6) is 0 Å². The molecule has 0 unspecified atom stereocenters. The fraction of sp³-hybridized carbons (Fsp3) is 0.250. The van der Waals surface area contributed by atoms with Crippen molar-refractivity contribution in [1.82, 2.24) is 4.98 Å². The van der Waals surface area contributed by atoms with Crippen LogP contribution < -0.4 is 5.73 Å². The first-order valence-electron chi connectivity index (χ1n) is 5.10. The number of ether oxygens (including phenoxy) is 1. The Morgan fingerprint density at radius 3 is 3.07 bits per heavy atom. The van der Waals surface area contributed by atoms with E-state index in [0.29, 0.717) is 6.61 Å². The number of pyridine rings is 1. The number of rotatable bonds is 0. The molecule has 0 saturated carbocycles. The van der Waals surface area contributed by atoms with Crippen molar-refractivity contribution >= 4 is 16.6 Å². The molecule has 1 aromatic carbocycles. The van der Waals surface area contributed by atoms with Crippen LogP contribution in [-0.2, 0) is 17.8 Å². The molecule has 0 spiro atoms. The monoisotopic (exact) mass is 200 g/mol. The molecule has 76 valence electrons. The Bertz CT molecular complexity index is 522. The quantitative estimate of drug-likeness (QED) is 0.706. The average molecular weight is 200 g/mol. The van der Waals surface area contributed by atoms with Gasteiger partial charge in [0.25, 0.3) is 0 Å². The first-order valence-corrected chi connectivity index (χ1v) is 5.10. The van der Waals surface area contributed by atoms with E-state index in [4.69, 9.17) is 10.5 Å². The summed E-state index contributed by atoms with van der Waals surface area (Å²) in [5, 5.41) is 1.03. The lowest BCUT2D eigenvalue weighted by atomic mass is 10.0. The molecule has 0 bridgehead atoms.